The first kappa shape index (κ1) is 29.0. The third kappa shape index (κ3) is 7.04. The second kappa shape index (κ2) is 13.0. The summed E-state index contributed by atoms with van der Waals surface area (Å²) < 4.78 is 51.3. The molecule has 2 heterocycles. The summed E-state index contributed by atoms with van der Waals surface area (Å²) in [6.45, 7) is 4.32. The van der Waals surface area contributed by atoms with Gasteiger partial charge in [0.1, 0.15) is 5.75 Å². The number of hydrogen-bond acceptors (Lipinski definition) is 5. The molecule has 218 valence electrons. The minimum Gasteiger partial charge on any atom is -0.494 e. The molecule has 0 amide bonds. The Balaban J connectivity index is 1.34. The van der Waals surface area contributed by atoms with Crippen LogP contribution in [0.4, 0.5) is 18.9 Å². The lowest BCUT2D eigenvalue weighted by Gasteiger charge is -2.47. The molecule has 2 fully saturated rings. The fourth-order valence-corrected chi connectivity index (χ4v) is 6.16. The van der Waals surface area contributed by atoms with E-state index in [0.717, 1.165) is 37.2 Å². The fourth-order valence-electron chi connectivity index (χ4n) is 6.16. The van der Waals surface area contributed by atoms with Crippen LogP contribution in [0, 0.1) is 0 Å². The van der Waals surface area contributed by atoms with Crippen LogP contribution in [0.2, 0.25) is 0 Å². The van der Waals surface area contributed by atoms with E-state index >= 15 is 0 Å². The first-order chi connectivity index (χ1) is 19.8. The molecule has 0 spiro atoms. The Labute approximate surface area is 239 Å². The molecule has 5 rings (SSSR count). The number of carbonyl (C=O) groups is 1. The lowest BCUT2D eigenvalue weighted by Crippen LogP contribution is -2.52. The molecule has 2 saturated heterocycles. The van der Waals surface area contributed by atoms with Crippen molar-refractivity contribution in [2.24, 2.45) is 0 Å². The molecule has 0 saturated carbocycles. The van der Waals surface area contributed by atoms with Gasteiger partial charge >= 0.3 is 12.1 Å². The van der Waals surface area contributed by atoms with Crippen LogP contribution in [0.5, 0.6) is 5.75 Å². The van der Waals surface area contributed by atoms with Gasteiger partial charge in [0, 0.05) is 30.6 Å². The Morgan fingerprint density at radius 3 is 2.02 bits per heavy atom. The van der Waals surface area contributed by atoms with Crippen molar-refractivity contribution < 1.29 is 27.4 Å². The summed E-state index contributed by atoms with van der Waals surface area (Å²) in [7, 11) is 0. The maximum absolute atomic E-state index is 13.4. The highest BCUT2D eigenvalue weighted by Gasteiger charge is 2.48. The van der Waals surface area contributed by atoms with Gasteiger partial charge in [-0.1, -0.05) is 67.1 Å². The number of rotatable bonds is 9. The third-order valence-corrected chi connectivity index (χ3v) is 8.28. The van der Waals surface area contributed by atoms with E-state index in [-0.39, 0.29) is 6.42 Å². The van der Waals surface area contributed by atoms with Gasteiger partial charge in [-0.2, -0.15) is 13.2 Å². The van der Waals surface area contributed by atoms with Crippen LogP contribution in [-0.2, 0) is 14.9 Å². The summed E-state index contributed by atoms with van der Waals surface area (Å²) in [4.78, 5) is 16.3. The second-order valence-electron chi connectivity index (χ2n) is 10.9. The third-order valence-electron chi connectivity index (χ3n) is 8.28. The number of piperidine rings is 2. The molecular weight excluding hydrogens is 529 g/mol. The van der Waals surface area contributed by atoms with Gasteiger partial charge in [-0.05, 0) is 74.2 Å². The van der Waals surface area contributed by atoms with Gasteiger partial charge in [0.25, 0.3) is 0 Å². The van der Waals surface area contributed by atoms with Crippen LogP contribution in [0.1, 0.15) is 49.7 Å². The van der Waals surface area contributed by atoms with E-state index in [1.54, 1.807) is 4.90 Å². The molecule has 3 aromatic rings. The van der Waals surface area contributed by atoms with Gasteiger partial charge in [0.15, 0.2) is 6.23 Å². The van der Waals surface area contributed by atoms with Gasteiger partial charge in [-0.3, -0.25) is 0 Å². The van der Waals surface area contributed by atoms with Gasteiger partial charge in [0.05, 0.1) is 6.61 Å². The van der Waals surface area contributed by atoms with Crippen molar-refractivity contribution in [1.29, 1.82) is 0 Å². The van der Waals surface area contributed by atoms with Crippen LogP contribution in [0.25, 0.3) is 0 Å². The summed E-state index contributed by atoms with van der Waals surface area (Å²) >= 11 is 0. The topological polar surface area (TPSA) is 42.0 Å². The molecule has 0 radical (unpaired) electrons. The Bertz CT molecular complexity index is 1210. The smallest absolute Gasteiger partial charge is 0.491 e. The Hall–Kier alpha value is -3.52. The molecule has 1 unspecified atom stereocenters. The highest BCUT2D eigenvalue weighted by atomic mass is 19.4. The van der Waals surface area contributed by atoms with Gasteiger partial charge < -0.3 is 19.3 Å². The van der Waals surface area contributed by atoms with E-state index in [1.807, 2.05) is 84.9 Å². The number of esters is 1. The molecule has 0 N–H and O–H groups in total. The minimum atomic E-state index is -5.09. The molecular formula is C33H37F3N2O3. The number of halogens is 3. The number of likely N-dealkylation sites (tertiary alicyclic amines) is 1. The van der Waals surface area contributed by atoms with E-state index in [1.165, 1.54) is 19.3 Å². The lowest BCUT2D eigenvalue weighted by atomic mass is 9.67. The minimum absolute atomic E-state index is 0.178. The Morgan fingerprint density at radius 2 is 1.44 bits per heavy atom. The van der Waals surface area contributed by atoms with Gasteiger partial charge in [-0.25, -0.2) is 4.79 Å². The molecule has 8 heteroatoms. The van der Waals surface area contributed by atoms with Crippen molar-refractivity contribution in [1.82, 2.24) is 4.90 Å². The highest BCUT2D eigenvalue weighted by molar-refractivity contribution is 5.76. The van der Waals surface area contributed by atoms with E-state index in [4.69, 9.17) is 9.47 Å². The summed E-state index contributed by atoms with van der Waals surface area (Å²) in [6.07, 6.45) is -0.623. The molecule has 41 heavy (non-hydrogen) atoms. The molecule has 1 atom stereocenters. The van der Waals surface area contributed by atoms with Crippen molar-refractivity contribution in [3.8, 4) is 5.75 Å². The van der Waals surface area contributed by atoms with Crippen LogP contribution in [0.3, 0.4) is 0 Å². The Morgan fingerprint density at radius 1 is 0.829 bits per heavy atom. The van der Waals surface area contributed by atoms with Crippen molar-refractivity contribution in [3.63, 3.8) is 0 Å². The average Bonchev–Trinajstić information content (AvgIpc) is 3.00. The maximum atomic E-state index is 13.4. The Kier molecular flexibility index (Phi) is 9.18. The monoisotopic (exact) mass is 566 g/mol. The van der Waals surface area contributed by atoms with Crippen molar-refractivity contribution in [2.45, 2.75) is 56.3 Å². The van der Waals surface area contributed by atoms with Crippen molar-refractivity contribution >= 4 is 11.7 Å². The van der Waals surface area contributed by atoms with Crippen LogP contribution >= 0.6 is 0 Å². The number of anilines is 1. The van der Waals surface area contributed by atoms with Gasteiger partial charge in [0.2, 0.25) is 0 Å². The zero-order valence-corrected chi connectivity index (χ0v) is 23.2. The molecule has 5 nitrogen and oxygen atoms in total. The van der Waals surface area contributed by atoms with Crippen LogP contribution < -0.4 is 9.64 Å². The molecule has 3 aromatic carbocycles. The first-order valence-corrected chi connectivity index (χ1v) is 14.5. The summed E-state index contributed by atoms with van der Waals surface area (Å²) in [5.74, 6) is -1.48. The molecule has 2 aliphatic rings. The number of nitrogens with zero attached hydrogens (tertiary/aromatic N) is 2. The maximum Gasteiger partial charge on any atom is 0.491 e. The predicted octanol–water partition coefficient (Wildman–Crippen LogP) is 6.96. The predicted molar refractivity (Wildman–Crippen MR) is 153 cm³/mol. The number of benzene rings is 3. The van der Waals surface area contributed by atoms with Crippen LogP contribution in [0.15, 0.2) is 84.9 Å². The molecule has 0 aromatic heterocycles. The van der Waals surface area contributed by atoms with E-state index in [2.05, 4.69) is 4.90 Å². The SMILES string of the molecule is O=C(OC1CC(c2ccccc2)(c2ccccc2)CCN1c1ccc(OCCCN2CCCCC2)cc1)C(F)(F)F. The second-order valence-corrected chi connectivity index (χ2v) is 10.9. The largest absolute Gasteiger partial charge is 0.494 e. The summed E-state index contributed by atoms with van der Waals surface area (Å²) in [6, 6.07) is 26.8. The fraction of sp³-hybridized carbons (Fsp3) is 0.424. The molecule has 0 aliphatic carbocycles. The zero-order chi connectivity index (χ0) is 28.7. The number of hydrogen-bond donors (Lipinski definition) is 0. The molecule has 0 bridgehead atoms. The lowest BCUT2D eigenvalue weighted by molar-refractivity contribution is -0.206. The number of alkyl halides is 3. The quantitative estimate of drug-likeness (QED) is 0.207. The normalized spacial score (nSPS) is 19.5. The van der Waals surface area contributed by atoms with E-state index < -0.39 is 23.8 Å². The zero-order valence-electron chi connectivity index (χ0n) is 23.2. The number of carbonyl (C=O) groups excluding carboxylic acids is 1. The van der Waals surface area contributed by atoms with Crippen molar-refractivity contribution in [3.05, 3.63) is 96.1 Å². The first-order valence-electron chi connectivity index (χ1n) is 14.5. The summed E-state index contributed by atoms with van der Waals surface area (Å²) in [5, 5.41) is 0. The summed E-state index contributed by atoms with van der Waals surface area (Å²) in [5.41, 5.74) is 2.02. The van der Waals surface area contributed by atoms with Gasteiger partial charge in [-0.15, -0.1) is 0 Å². The van der Waals surface area contributed by atoms with E-state index in [9.17, 15) is 18.0 Å². The molecule has 2 aliphatic heterocycles. The van der Waals surface area contributed by atoms with E-state index in [0.29, 0.717) is 31.0 Å². The van der Waals surface area contributed by atoms with Crippen molar-refractivity contribution in [2.75, 3.05) is 37.7 Å². The number of ether oxygens (including phenoxy) is 2. The standard InChI is InChI=1S/C33H37F3N2O3/c34-33(35,36)31(39)41-30-25-32(26-11-4-1-5-12-26,27-13-6-2-7-14-27)19-23-38(30)28-15-17-29(18-16-28)40-24-10-22-37-20-8-3-9-21-37/h1-2,4-7,11-18,30H,3,8-10,19-25H2. The highest BCUT2D eigenvalue weighted by Crippen LogP contribution is 2.45. The van der Waals surface area contributed by atoms with Crippen LogP contribution in [-0.4, -0.2) is 56.1 Å². The average molecular weight is 567 g/mol.